The fourth-order valence-electron chi connectivity index (χ4n) is 2.53. The minimum absolute atomic E-state index is 0.344. The van der Waals surface area contributed by atoms with Crippen molar-refractivity contribution in [2.24, 2.45) is 0 Å². The van der Waals surface area contributed by atoms with Crippen molar-refractivity contribution < 1.29 is 4.74 Å². The summed E-state index contributed by atoms with van der Waals surface area (Å²) in [5.41, 5.74) is 2.59. The number of likely N-dealkylation sites (tertiary alicyclic amines) is 1. The third-order valence-electron chi connectivity index (χ3n) is 3.36. The molecule has 0 bridgehead atoms. The second-order valence-electron chi connectivity index (χ2n) is 5.18. The summed E-state index contributed by atoms with van der Waals surface area (Å²) in [5.74, 6) is 0. The minimum atomic E-state index is 0.344. The number of benzene rings is 1. The van der Waals surface area contributed by atoms with E-state index in [9.17, 15) is 0 Å². The molecule has 0 aliphatic carbocycles. The Hall–Kier alpha value is -1.06. The Balaban J connectivity index is 1.91. The van der Waals surface area contributed by atoms with Crippen molar-refractivity contribution in [1.82, 2.24) is 4.90 Å². The molecule has 3 nitrogen and oxygen atoms in total. The summed E-state index contributed by atoms with van der Waals surface area (Å²) >= 11 is 0. The Bertz CT molecular complexity index is 361. The van der Waals surface area contributed by atoms with E-state index in [1.807, 2.05) is 0 Å². The van der Waals surface area contributed by atoms with Gasteiger partial charge in [-0.3, -0.25) is 4.90 Å². The van der Waals surface area contributed by atoms with E-state index in [0.29, 0.717) is 6.04 Å². The van der Waals surface area contributed by atoms with E-state index < -0.39 is 0 Å². The summed E-state index contributed by atoms with van der Waals surface area (Å²) in [6.45, 7) is 6.44. The van der Waals surface area contributed by atoms with Crippen molar-refractivity contribution in [3.8, 4) is 0 Å². The van der Waals surface area contributed by atoms with Crippen LogP contribution in [0.2, 0.25) is 0 Å². The zero-order valence-electron chi connectivity index (χ0n) is 11.5. The van der Waals surface area contributed by atoms with Gasteiger partial charge in [-0.25, -0.2) is 0 Å². The summed E-state index contributed by atoms with van der Waals surface area (Å²) in [6, 6.07) is 9.07. The van der Waals surface area contributed by atoms with Gasteiger partial charge in [-0.15, -0.1) is 0 Å². The van der Waals surface area contributed by atoms with Gasteiger partial charge in [0.1, 0.15) is 0 Å². The van der Waals surface area contributed by atoms with E-state index in [4.69, 9.17) is 4.74 Å². The minimum Gasteiger partial charge on any atom is -0.383 e. The number of hydrogen-bond donors (Lipinski definition) is 1. The lowest BCUT2D eigenvalue weighted by molar-refractivity contribution is 0.190. The van der Waals surface area contributed by atoms with Crippen LogP contribution < -0.4 is 5.32 Å². The van der Waals surface area contributed by atoms with Crippen LogP contribution in [0.25, 0.3) is 0 Å². The number of hydrogen-bond acceptors (Lipinski definition) is 3. The Kier molecular flexibility index (Phi) is 5.02. The van der Waals surface area contributed by atoms with E-state index in [2.05, 4.69) is 41.4 Å². The molecule has 1 aromatic rings. The topological polar surface area (TPSA) is 24.5 Å². The summed E-state index contributed by atoms with van der Waals surface area (Å²) in [5, 5.41) is 3.46. The molecule has 0 spiro atoms. The van der Waals surface area contributed by atoms with Crippen LogP contribution >= 0.6 is 0 Å². The van der Waals surface area contributed by atoms with E-state index >= 15 is 0 Å². The van der Waals surface area contributed by atoms with Gasteiger partial charge in [-0.05, 0) is 50.6 Å². The number of rotatable bonds is 6. The third-order valence-corrected chi connectivity index (χ3v) is 3.36. The predicted octanol–water partition coefficient (Wildman–Crippen LogP) is 2.73. The molecule has 2 rings (SSSR count). The maximum Gasteiger partial charge on any atom is 0.0661 e. The van der Waals surface area contributed by atoms with Gasteiger partial charge in [0.2, 0.25) is 0 Å². The first-order chi connectivity index (χ1) is 8.78. The van der Waals surface area contributed by atoms with E-state index in [1.54, 1.807) is 7.11 Å². The lowest BCUT2D eigenvalue weighted by Crippen LogP contribution is -2.21. The van der Waals surface area contributed by atoms with Crippen LogP contribution in [0.1, 0.15) is 25.3 Å². The number of ether oxygens (including phenoxy) is 1. The molecule has 18 heavy (non-hydrogen) atoms. The van der Waals surface area contributed by atoms with Crippen molar-refractivity contribution in [3.63, 3.8) is 0 Å². The number of nitrogens with zero attached hydrogens (tertiary/aromatic N) is 1. The molecule has 1 atom stereocenters. The van der Waals surface area contributed by atoms with Crippen LogP contribution in [0.4, 0.5) is 5.69 Å². The van der Waals surface area contributed by atoms with Gasteiger partial charge in [0.15, 0.2) is 0 Å². The molecule has 1 aliphatic rings. The second-order valence-corrected chi connectivity index (χ2v) is 5.18. The quantitative estimate of drug-likeness (QED) is 0.837. The molecular formula is C15H24N2O. The molecule has 3 heteroatoms. The van der Waals surface area contributed by atoms with Gasteiger partial charge in [-0.1, -0.05) is 12.1 Å². The van der Waals surface area contributed by atoms with Gasteiger partial charge in [0.05, 0.1) is 6.61 Å². The van der Waals surface area contributed by atoms with Gasteiger partial charge < -0.3 is 10.1 Å². The first-order valence-electron chi connectivity index (χ1n) is 6.84. The molecule has 0 saturated carbocycles. The van der Waals surface area contributed by atoms with Crippen molar-refractivity contribution in [2.45, 2.75) is 32.4 Å². The highest BCUT2D eigenvalue weighted by Crippen LogP contribution is 2.16. The average molecular weight is 248 g/mol. The van der Waals surface area contributed by atoms with Crippen LogP contribution in [0, 0.1) is 0 Å². The molecule has 1 N–H and O–H groups in total. The molecule has 0 amide bonds. The summed E-state index contributed by atoms with van der Waals surface area (Å²) in [7, 11) is 1.74. The monoisotopic (exact) mass is 248 g/mol. The van der Waals surface area contributed by atoms with Crippen LogP contribution in [-0.2, 0) is 11.3 Å². The molecule has 0 aromatic heterocycles. The molecule has 1 fully saturated rings. The molecule has 1 unspecified atom stereocenters. The summed E-state index contributed by atoms with van der Waals surface area (Å²) in [4.78, 5) is 2.53. The first-order valence-corrected chi connectivity index (χ1v) is 6.84. The maximum atomic E-state index is 5.14. The molecular weight excluding hydrogens is 224 g/mol. The van der Waals surface area contributed by atoms with Crippen molar-refractivity contribution in [2.75, 3.05) is 32.1 Å². The normalized spacial score (nSPS) is 17.9. The highest BCUT2D eigenvalue weighted by molar-refractivity contribution is 5.46. The molecule has 100 valence electrons. The zero-order valence-corrected chi connectivity index (χ0v) is 11.5. The lowest BCUT2D eigenvalue weighted by atomic mass is 10.2. The second kappa shape index (κ2) is 6.76. The van der Waals surface area contributed by atoms with Crippen molar-refractivity contribution in [1.29, 1.82) is 0 Å². The number of anilines is 1. The lowest BCUT2D eigenvalue weighted by Gasteiger charge is -2.17. The van der Waals surface area contributed by atoms with Gasteiger partial charge in [0, 0.05) is 25.4 Å². The van der Waals surface area contributed by atoms with Crippen LogP contribution in [0.3, 0.4) is 0 Å². The Labute approximate surface area is 110 Å². The molecule has 1 aromatic carbocycles. The molecule has 1 saturated heterocycles. The average Bonchev–Trinajstić information content (AvgIpc) is 2.82. The highest BCUT2D eigenvalue weighted by Gasteiger charge is 2.11. The molecule has 1 heterocycles. The van der Waals surface area contributed by atoms with Crippen LogP contribution in [0.5, 0.6) is 0 Å². The SMILES string of the molecule is COCC(C)Nc1cccc(CN2CCCC2)c1. The highest BCUT2D eigenvalue weighted by atomic mass is 16.5. The van der Waals surface area contributed by atoms with Gasteiger partial charge in [-0.2, -0.15) is 0 Å². The smallest absolute Gasteiger partial charge is 0.0661 e. The molecule has 0 radical (unpaired) electrons. The Morgan fingerprint density at radius 3 is 2.83 bits per heavy atom. The fraction of sp³-hybridized carbons (Fsp3) is 0.600. The third kappa shape index (κ3) is 4.00. The van der Waals surface area contributed by atoms with Crippen molar-refractivity contribution in [3.05, 3.63) is 29.8 Å². The van der Waals surface area contributed by atoms with Crippen LogP contribution in [-0.4, -0.2) is 37.7 Å². The first kappa shape index (κ1) is 13.4. The van der Waals surface area contributed by atoms with Crippen LogP contribution in [0.15, 0.2) is 24.3 Å². The van der Waals surface area contributed by atoms with E-state index in [-0.39, 0.29) is 0 Å². The van der Waals surface area contributed by atoms with Crippen molar-refractivity contribution >= 4 is 5.69 Å². The summed E-state index contributed by atoms with van der Waals surface area (Å²) in [6.07, 6.45) is 2.70. The Morgan fingerprint density at radius 2 is 2.11 bits per heavy atom. The van der Waals surface area contributed by atoms with Gasteiger partial charge >= 0.3 is 0 Å². The van der Waals surface area contributed by atoms with Gasteiger partial charge in [0.25, 0.3) is 0 Å². The molecule has 1 aliphatic heterocycles. The number of nitrogens with one attached hydrogen (secondary N) is 1. The van der Waals surface area contributed by atoms with E-state index in [1.165, 1.54) is 37.2 Å². The zero-order chi connectivity index (χ0) is 12.8. The summed E-state index contributed by atoms with van der Waals surface area (Å²) < 4.78 is 5.14. The maximum absolute atomic E-state index is 5.14. The standard InChI is InChI=1S/C15H24N2O/c1-13(12-18-2)16-15-7-5-6-14(10-15)11-17-8-3-4-9-17/h5-7,10,13,16H,3-4,8-9,11-12H2,1-2H3. The fourth-order valence-corrected chi connectivity index (χ4v) is 2.53. The Morgan fingerprint density at radius 1 is 1.33 bits per heavy atom. The van der Waals surface area contributed by atoms with E-state index in [0.717, 1.165) is 13.2 Å². The predicted molar refractivity (Wildman–Crippen MR) is 75.9 cm³/mol. The number of methoxy groups -OCH3 is 1. The largest absolute Gasteiger partial charge is 0.383 e.